The normalized spacial score (nSPS) is 16.0. The van der Waals surface area contributed by atoms with Crippen LogP contribution in [0.5, 0.6) is 0 Å². The van der Waals surface area contributed by atoms with Gasteiger partial charge in [-0.25, -0.2) is 0 Å². The molecule has 1 saturated heterocycles. The lowest BCUT2D eigenvalue weighted by molar-refractivity contribution is 0.103. The van der Waals surface area contributed by atoms with Crippen LogP contribution in [0.1, 0.15) is 27.6 Å². The van der Waals surface area contributed by atoms with Gasteiger partial charge in [-0.15, -0.1) is 0 Å². The number of halogens is 1. The van der Waals surface area contributed by atoms with Crippen LogP contribution in [-0.2, 0) is 4.74 Å². The van der Waals surface area contributed by atoms with E-state index in [2.05, 4.69) is 0 Å². The summed E-state index contributed by atoms with van der Waals surface area (Å²) in [5.41, 5.74) is 3.91. The first-order valence-electron chi connectivity index (χ1n) is 7.85. The Bertz CT molecular complexity index is 884. The number of benzene rings is 3. The van der Waals surface area contributed by atoms with Gasteiger partial charge in [-0.1, -0.05) is 78.3 Å². The summed E-state index contributed by atoms with van der Waals surface area (Å²) in [6.45, 7) is 0.644. The van der Waals surface area contributed by atoms with Crippen LogP contribution in [0.15, 0.2) is 72.8 Å². The summed E-state index contributed by atoms with van der Waals surface area (Å²) < 4.78 is 5.46. The van der Waals surface area contributed by atoms with E-state index in [1.165, 1.54) is 0 Å². The molecule has 0 N–H and O–H groups in total. The van der Waals surface area contributed by atoms with Crippen molar-refractivity contribution in [3.63, 3.8) is 0 Å². The lowest BCUT2D eigenvalue weighted by Gasteiger charge is -2.15. The molecule has 0 unspecified atom stereocenters. The number of ketones is 1. The van der Waals surface area contributed by atoms with E-state index in [0.717, 1.165) is 16.7 Å². The fraction of sp³-hybridized carbons (Fsp3) is 0.0952. The number of rotatable bonds is 4. The van der Waals surface area contributed by atoms with Crippen molar-refractivity contribution in [3.05, 3.63) is 94.5 Å². The zero-order valence-corrected chi connectivity index (χ0v) is 13.7. The first-order valence-corrected chi connectivity index (χ1v) is 8.22. The molecule has 0 saturated carbocycles. The van der Waals surface area contributed by atoms with Crippen molar-refractivity contribution in [2.24, 2.45) is 0 Å². The molecule has 1 fully saturated rings. The highest BCUT2D eigenvalue weighted by atomic mass is 35.5. The Morgan fingerprint density at radius 1 is 0.917 bits per heavy atom. The third-order valence-corrected chi connectivity index (χ3v) is 4.51. The van der Waals surface area contributed by atoms with Crippen LogP contribution in [0.25, 0.3) is 11.1 Å². The van der Waals surface area contributed by atoms with Gasteiger partial charge in [0.15, 0.2) is 5.78 Å². The SMILES string of the molecule is O=C(c1ccccc1)c1c([C@@H]2CO2)ccc(Cl)c1-c1ccccc1. The van der Waals surface area contributed by atoms with Gasteiger partial charge in [0.1, 0.15) is 6.10 Å². The van der Waals surface area contributed by atoms with Crippen molar-refractivity contribution in [2.45, 2.75) is 6.10 Å². The monoisotopic (exact) mass is 334 g/mol. The quantitative estimate of drug-likeness (QED) is 0.478. The highest BCUT2D eigenvalue weighted by molar-refractivity contribution is 6.35. The van der Waals surface area contributed by atoms with Crippen LogP contribution in [0.4, 0.5) is 0 Å². The summed E-state index contributed by atoms with van der Waals surface area (Å²) in [4.78, 5) is 13.2. The van der Waals surface area contributed by atoms with Gasteiger partial charge in [0.05, 0.1) is 6.61 Å². The Hall–Kier alpha value is -2.42. The molecule has 0 aromatic heterocycles. The summed E-state index contributed by atoms with van der Waals surface area (Å²) in [7, 11) is 0. The van der Waals surface area contributed by atoms with Crippen molar-refractivity contribution in [1.29, 1.82) is 0 Å². The van der Waals surface area contributed by atoms with Gasteiger partial charge < -0.3 is 4.74 Å². The van der Waals surface area contributed by atoms with Crippen LogP contribution in [0, 0.1) is 0 Å². The van der Waals surface area contributed by atoms with Gasteiger partial charge in [0.25, 0.3) is 0 Å². The van der Waals surface area contributed by atoms with E-state index in [1.54, 1.807) is 0 Å². The Morgan fingerprint density at radius 3 is 2.17 bits per heavy atom. The topological polar surface area (TPSA) is 29.6 Å². The zero-order valence-electron chi connectivity index (χ0n) is 12.9. The molecule has 0 radical (unpaired) electrons. The number of hydrogen-bond donors (Lipinski definition) is 0. The smallest absolute Gasteiger partial charge is 0.194 e. The Morgan fingerprint density at radius 2 is 1.54 bits per heavy atom. The van der Waals surface area contributed by atoms with Gasteiger partial charge >= 0.3 is 0 Å². The molecule has 1 aliphatic heterocycles. The zero-order chi connectivity index (χ0) is 16.5. The lowest BCUT2D eigenvalue weighted by atomic mass is 9.89. The Kier molecular flexibility index (Phi) is 3.93. The van der Waals surface area contributed by atoms with Crippen molar-refractivity contribution in [1.82, 2.24) is 0 Å². The highest BCUT2D eigenvalue weighted by Gasteiger charge is 2.32. The number of ether oxygens (including phenoxy) is 1. The van der Waals surface area contributed by atoms with Crippen molar-refractivity contribution < 1.29 is 9.53 Å². The average molecular weight is 335 g/mol. The summed E-state index contributed by atoms with van der Waals surface area (Å²) >= 11 is 6.50. The van der Waals surface area contributed by atoms with E-state index in [4.69, 9.17) is 16.3 Å². The average Bonchev–Trinajstić information content (AvgIpc) is 3.47. The minimum absolute atomic E-state index is 0.0209. The van der Waals surface area contributed by atoms with E-state index in [-0.39, 0.29) is 11.9 Å². The van der Waals surface area contributed by atoms with E-state index in [9.17, 15) is 4.79 Å². The minimum atomic E-state index is -0.0255. The van der Waals surface area contributed by atoms with Crippen molar-refractivity contribution in [3.8, 4) is 11.1 Å². The van der Waals surface area contributed by atoms with Crippen molar-refractivity contribution in [2.75, 3.05) is 6.61 Å². The minimum Gasteiger partial charge on any atom is -0.368 e. The number of epoxide rings is 1. The molecule has 3 aromatic carbocycles. The Balaban J connectivity index is 1.96. The largest absolute Gasteiger partial charge is 0.368 e. The van der Waals surface area contributed by atoms with Gasteiger partial charge in [-0.3, -0.25) is 4.79 Å². The molecule has 2 nitrogen and oxygen atoms in total. The van der Waals surface area contributed by atoms with Gasteiger partial charge in [0.2, 0.25) is 0 Å². The van der Waals surface area contributed by atoms with Crippen LogP contribution in [-0.4, -0.2) is 12.4 Å². The summed E-state index contributed by atoms with van der Waals surface area (Å²) in [6, 6.07) is 22.8. The molecule has 1 heterocycles. The highest BCUT2D eigenvalue weighted by Crippen LogP contribution is 2.41. The van der Waals surface area contributed by atoms with Crippen LogP contribution < -0.4 is 0 Å². The summed E-state index contributed by atoms with van der Waals surface area (Å²) in [5.74, 6) is -0.0255. The first-order chi connectivity index (χ1) is 11.8. The number of carbonyl (C=O) groups is 1. The van der Waals surface area contributed by atoms with E-state index in [0.29, 0.717) is 22.8 Å². The molecule has 0 bridgehead atoms. The molecule has 3 aromatic rings. The summed E-state index contributed by atoms with van der Waals surface area (Å²) in [5, 5.41) is 0.574. The summed E-state index contributed by atoms with van der Waals surface area (Å²) in [6.07, 6.45) is -0.0209. The molecule has 4 rings (SSSR count). The molecule has 0 amide bonds. The molecule has 0 spiro atoms. The third kappa shape index (κ3) is 2.75. The molecule has 118 valence electrons. The third-order valence-electron chi connectivity index (χ3n) is 4.19. The van der Waals surface area contributed by atoms with Gasteiger partial charge in [-0.2, -0.15) is 0 Å². The molecular formula is C21H15ClO2. The van der Waals surface area contributed by atoms with Crippen LogP contribution in [0.3, 0.4) is 0 Å². The second-order valence-corrected chi connectivity index (χ2v) is 6.18. The second-order valence-electron chi connectivity index (χ2n) is 5.77. The van der Waals surface area contributed by atoms with Crippen LogP contribution in [0.2, 0.25) is 5.02 Å². The molecule has 1 aliphatic rings. The molecule has 0 aliphatic carbocycles. The number of hydrogen-bond acceptors (Lipinski definition) is 2. The predicted molar refractivity (Wildman–Crippen MR) is 95.5 cm³/mol. The van der Waals surface area contributed by atoms with Crippen LogP contribution >= 0.6 is 11.6 Å². The van der Waals surface area contributed by atoms with E-state index >= 15 is 0 Å². The predicted octanol–water partition coefficient (Wildman–Crippen LogP) is 5.31. The molecular weight excluding hydrogens is 320 g/mol. The fourth-order valence-corrected chi connectivity index (χ4v) is 3.22. The maximum absolute atomic E-state index is 13.2. The first kappa shape index (κ1) is 15.1. The standard InChI is InChI=1S/C21H15ClO2/c22-17-12-11-16(18-13-24-18)20(19(17)14-7-3-1-4-8-14)21(23)15-9-5-2-6-10-15/h1-12,18H,13H2/t18-/m0/s1. The Labute approximate surface area is 145 Å². The second kappa shape index (κ2) is 6.23. The number of carbonyl (C=O) groups excluding carboxylic acids is 1. The molecule has 3 heteroatoms. The van der Waals surface area contributed by atoms with Crippen molar-refractivity contribution >= 4 is 17.4 Å². The lowest BCUT2D eigenvalue weighted by Crippen LogP contribution is -2.08. The van der Waals surface area contributed by atoms with Gasteiger partial charge in [0, 0.05) is 21.7 Å². The maximum atomic E-state index is 13.2. The van der Waals surface area contributed by atoms with E-state index in [1.807, 2.05) is 72.8 Å². The molecule has 1 atom stereocenters. The maximum Gasteiger partial charge on any atom is 0.194 e. The molecule has 24 heavy (non-hydrogen) atoms. The van der Waals surface area contributed by atoms with Gasteiger partial charge in [-0.05, 0) is 17.2 Å². The fourth-order valence-electron chi connectivity index (χ4n) is 2.95. The van der Waals surface area contributed by atoms with E-state index < -0.39 is 0 Å².